The molecule has 0 bridgehead atoms. The number of ether oxygens (including phenoxy) is 1. The molecule has 0 aliphatic heterocycles. The maximum atomic E-state index is 5.23. The van der Waals surface area contributed by atoms with Crippen LogP contribution in [0.5, 0.6) is 5.75 Å². The number of pyridine rings is 1. The molecule has 0 radical (unpaired) electrons. The van der Waals surface area contributed by atoms with Crippen molar-refractivity contribution in [3.63, 3.8) is 0 Å². The summed E-state index contributed by atoms with van der Waals surface area (Å²) in [6.07, 6.45) is 0. The second-order valence-corrected chi connectivity index (χ2v) is 4.86. The van der Waals surface area contributed by atoms with E-state index in [0.29, 0.717) is 0 Å². The first-order chi connectivity index (χ1) is 10.3. The number of aromatic nitrogens is 3. The quantitative estimate of drug-likeness (QED) is 0.605. The zero-order valence-corrected chi connectivity index (χ0v) is 11.5. The number of rotatable bonds is 2. The molecule has 2 aromatic heterocycles. The summed E-state index contributed by atoms with van der Waals surface area (Å²) in [5.41, 5.74) is 3.65. The van der Waals surface area contributed by atoms with Gasteiger partial charge in [0.2, 0.25) is 0 Å². The van der Waals surface area contributed by atoms with Crippen LogP contribution in [-0.2, 0) is 0 Å². The van der Waals surface area contributed by atoms with Crippen molar-refractivity contribution in [1.82, 2.24) is 15.0 Å². The van der Waals surface area contributed by atoms with Gasteiger partial charge >= 0.3 is 0 Å². The second-order valence-electron chi connectivity index (χ2n) is 4.86. The smallest absolute Gasteiger partial charge is 0.157 e. The number of nitrogens with zero attached hydrogens (tertiary/aromatic N) is 2. The van der Waals surface area contributed by atoms with E-state index in [-0.39, 0.29) is 0 Å². The third-order valence-corrected chi connectivity index (χ3v) is 3.53. The highest BCUT2D eigenvalue weighted by atomic mass is 16.5. The Morgan fingerprint density at radius 2 is 1.81 bits per heavy atom. The summed E-state index contributed by atoms with van der Waals surface area (Å²) in [7, 11) is 1.66. The van der Waals surface area contributed by atoms with Crippen LogP contribution in [0.25, 0.3) is 33.5 Å². The molecule has 0 unspecified atom stereocenters. The topological polar surface area (TPSA) is 50.8 Å². The summed E-state index contributed by atoms with van der Waals surface area (Å²) in [5.74, 6) is 1.58. The third kappa shape index (κ3) is 2.01. The molecule has 0 amide bonds. The van der Waals surface area contributed by atoms with E-state index < -0.39 is 0 Å². The Hall–Kier alpha value is -2.88. The highest BCUT2D eigenvalue weighted by molar-refractivity contribution is 5.83. The van der Waals surface area contributed by atoms with Crippen LogP contribution in [0.4, 0.5) is 0 Å². The minimum Gasteiger partial charge on any atom is -0.497 e. The van der Waals surface area contributed by atoms with E-state index in [9.17, 15) is 0 Å². The van der Waals surface area contributed by atoms with E-state index in [1.54, 1.807) is 7.11 Å². The molecular formula is C17H13N3O. The lowest BCUT2D eigenvalue weighted by Gasteiger charge is -1.99. The molecule has 0 fully saturated rings. The fraction of sp³-hybridized carbons (Fsp3) is 0.0588. The van der Waals surface area contributed by atoms with Crippen molar-refractivity contribution >= 4 is 21.9 Å². The molecular weight excluding hydrogens is 262 g/mol. The number of imidazole rings is 1. The fourth-order valence-corrected chi connectivity index (χ4v) is 2.43. The van der Waals surface area contributed by atoms with Crippen molar-refractivity contribution in [1.29, 1.82) is 0 Å². The van der Waals surface area contributed by atoms with Gasteiger partial charge in [0.1, 0.15) is 11.4 Å². The Bertz CT molecular complexity index is 943. The van der Waals surface area contributed by atoms with Gasteiger partial charge in [0.15, 0.2) is 5.82 Å². The van der Waals surface area contributed by atoms with E-state index >= 15 is 0 Å². The van der Waals surface area contributed by atoms with Crippen LogP contribution in [0.3, 0.4) is 0 Å². The molecule has 0 spiro atoms. The van der Waals surface area contributed by atoms with Crippen LogP contribution in [0.1, 0.15) is 0 Å². The molecule has 2 aromatic carbocycles. The Morgan fingerprint density at radius 1 is 0.905 bits per heavy atom. The number of hydrogen-bond donors (Lipinski definition) is 1. The average Bonchev–Trinajstić information content (AvgIpc) is 2.97. The van der Waals surface area contributed by atoms with E-state index in [0.717, 1.165) is 39.2 Å². The number of methoxy groups -OCH3 is 1. The zero-order chi connectivity index (χ0) is 14.2. The van der Waals surface area contributed by atoms with Gasteiger partial charge in [-0.25, -0.2) is 9.97 Å². The van der Waals surface area contributed by atoms with E-state index in [2.05, 4.69) is 27.1 Å². The van der Waals surface area contributed by atoms with Crippen molar-refractivity contribution in [2.24, 2.45) is 0 Å². The number of benzene rings is 2. The van der Waals surface area contributed by atoms with Crippen molar-refractivity contribution in [3.05, 3.63) is 54.6 Å². The highest BCUT2D eigenvalue weighted by Crippen LogP contribution is 2.24. The third-order valence-electron chi connectivity index (χ3n) is 3.53. The first kappa shape index (κ1) is 11.9. The minimum absolute atomic E-state index is 0.768. The van der Waals surface area contributed by atoms with Gasteiger partial charge in [-0.2, -0.15) is 0 Å². The largest absolute Gasteiger partial charge is 0.497 e. The molecule has 0 aliphatic rings. The molecule has 0 saturated heterocycles. The number of H-pyrrole nitrogens is 1. The van der Waals surface area contributed by atoms with E-state index in [4.69, 9.17) is 4.74 Å². The molecule has 0 aliphatic carbocycles. The predicted octanol–water partition coefficient (Wildman–Crippen LogP) is 3.79. The van der Waals surface area contributed by atoms with Gasteiger partial charge < -0.3 is 9.72 Å². The summed E-state index contributed by atoms with van der Waals surface area (Å²) in [4.78, 5) is 12.5. The molecule has 4 aromatic rings. The molecule has 2 heterocycles. The van der Waals surface area contributed by atoms with Gasteiger partial charge in [-0.3, -0.25) is 0 Å². The maximum Gasteiger partial charge on any atom is 0.157 e. The monoisotopic (exact) mass is 275 g/mol. The molecule has 102 valence electrons. The Labute approximate surface area is 121 Å². The molecule has 0 saturated carbocycles. The summed E-state index contributed by atoms with van der Waals surface area (Å²) in [5, 5.41) is 1.12. The summed E-state index contributed by atoms with van der Waals surface area (Å²) in [6.45, 7) is 0. The van der Waals surface area contributed by atoms with Gasteiger partial charge in [-0.15, -0.1) is 0 Å². The van der Waals surface area contributed by atoms with Gasteiger partial charge in [0, 0.05) is 11.5 Å². The summed E-state index contributed by atoms with van der Waals surface area (Å²) in [6, 6.07) is 17.9. The van der Waals surface area contributed by atoms with Crippen molar-refractivity contribution in [2.45, 2.75) is 0 Å². The Kier molecular flexibility index (Phi) is 2.60. The summed E-state index contributed by atoms with van der Waals surface area (Å²) < 4.78 is 5.23. The lowest BCUT2D eigenvalue weighted by atomic mass is 10.2. The fourth-order valence-electron chi connectivity index (χ4n) is 2.43. The Morgan fingerprint density at radius 3 is 2.71 bits per heavy atom. The van der Waals surface area contributed by atoms with Crippen LogP contribution >= 0.6 is 0 Å². The SMILES string of the molecule is COc1ccc2nc(-c3ccc4ccccc4n3)[nH]c2c1. The molecule has 4 heteroatoms. The zero-order valence-electron chi connectivity index (χ0n) is 11.5. The highest BCUT2D eigenvalue weighted by Gasteiger charge is 2.08. The van der Waals surface area contributed by atoms with Crippen LogP contribution in [-0.4, -0.2) is 22.1 Å². The molecule has 4 rings (SSSR count). The standard InChI is InChI=1S/C17H13N3O/c1-21-12-7-9-14-16(10-12)20-17(19-14)15-8-6-11-4-2-3-5-13(11)18-15/h2-10H,1H3,(H,19,20). The number of aromatic amines is 1. The van der Waals surface area contributed by atoms with Crippen LogP contribution in [0.15, 0.2) is 54.6 Å². The molecule has 21 heavy (non-hydrogen) atoms. The predicted molar refractivity (Wildman–Crippen MR) is 83.4 cm³/mol. The van der Waals surface area contributed by atoms with Crippen LogP contribution in [0.2, 0.25) is 0 Å². The van der Waals surface area contributed by atoms with Crippen molar-refractivity contribution < 1.29 is 4.74 Å². The second kappa shape index (κ2) is 4.59. The van der Waals surface area contributed by atoms with Gasteiger partial charge in [0.25, 0.3) is 0 Å². The lowest BCUT2D eigenvalue weighted by Crippen LogP contribution is -1.86. The van der Waals surface area contributed by atoms with Gasteiger partial charge in [-0.05, 0) is 24.3 Å². The van der Waals surface area contributed by atoms with Crippen LogP contribution < -0.4 is 4.74 Å². The minimum atomic E-state index is 0.768. The molecule has 0 atom stereocenters. The first-order valence-corrected chi connectivity index (χ1v) is 6.73. The number of nitrogens with one attached hydrogen (secondary N) is 1. The van der Waals surface area contributed by atoms with E-state index in [1.807, 2.05) is 42.5 Å². The lowest BCUT2D eigenvalue weighted by molar-refractivity contribution is 0.415. The number of hydrogen-bond acceptors (Lipinski definition) is 3. The number of para-hydroxylation sites is 1. The molecule has 4 nitrogen and oxygen atoms in total. The molecule has 1 N–H and O–H groups in total. The normalized spacial score (nSPS) is 11.1. The first-order valence-electron chi connectivity index (χ1n) is 6.73. The van der Waals surface area contributed by atoms with Crippen LogP contribution in [0, 0.1) is 0 Å². The van der Waals surface area contributed by atoms with Crippen molar-refractivity contribution in [3.8, 4) is 17.3 Å². The number of fused-ring (bicyclic) bond motifs is 2. The summed E-state index contributed by atoms with van der Waals surface area (Å²) >= 11 is 0. The Balaban J connectivity index is 1.87. The van der Waals surface area contributed by atoms with Gasteiger partial charge in [-0.1, -0.05) is 24.3 Å². The van der Waals surface area contributed by atoms with Gasteiger partial charge in [0.05, 0.1) is 23.7 Å². The van der Waals surface area contributed by atoms with Crippen molar-refractivity contribution in [2.75, 3.05) is 7.11 Å². The van der Waals surface area contributed by atoms with E-state index in [1.165, 1.54) is 0 Å². The average molecular weight is 275 g/mol. The maximum absolute atomic E-state index is 5.23.